The molecule has 1 N–H and O–H groups in total. The molecule has 0 atom stereocenters. The Morgan fingerprint density at radius 1 is 1.00 bits per heavy atom. The smallest absolute Gasteiger partial charge is 0.310 e. The van der Waals surface area contributed by atoms with E-state index in [0.717, 1.165) is 5.56 Å². The van der Waals surface area contributed by atoms with Gasteiger partial charge in [-0.05, 0) is 12.1 Å². The number of para-hydroxylation sites is 1. The quantitative estimate of drug-likeness (QED) is 0.514. The third kappa shape index (κ3) is 4.59. The average Bonchev–Trinajstić information content (AvgIpc) is 3.05. The zero-order valence-electron chi connectivity index (χ0n) is 12.6. The third-order valence-electron chi connectivity index (χ3n) is 3.04. The lowest BCUT2D eigenvalue weighted by Crippen LogP contribution is -2.15. The van der Waals surface area contributed by atoms with Gasteiger partial charge in [0.05, 0.1) is 5.75 Å². The maximum absolute atomic E-state index is 11.9. The zero-order chi connectivity index (χ0) is 16.8. The van der Waals surface area contributed by atoms with Crippen molar-refractivity contribution in [2.24, 2.45) is 0 Å². The van der Waals surface area contributed by atoms with Gasteiger partial charge in [0.25, 0.3) is 0 Å². The molecular weight excluding hydrogens is 346 g/mol. The number of aromatic nitrogens is 3. The number of thioether (sulfide) groups is 1. The van der Waals surface area contributed by atoms with Crippen molar-refractivity contribution in [1.29, 1.82) is 0 Å². The lowest BCUT2D eigenvalue weighted by Gasteiger charge is -2.05. The summed E-state index contributed by atoms with van der Waals surface area (Å²) in [5.74, 6) is 1.15. The molecule has 8 heteroatoms. The summed E-state index contributed by atoms with van der Waals surface area (Å²) in [6.45, 7) is 0. The summed E-state index contributed by atoms with van der Waals surface area (Å²) in [7, 11) is -3.64. The van der Waals surface area contributed by atoms with Crippen LogP contribution in [0.5, 0.6) is 5.75 Å². The van der Waals surface area contributed by atoms with Crippen LogP contribution in [0, 0.1) is 0 Å². The number of benzene rings is 2. The fourth-order valence-corrected chi connectivity index (χ4v) is 4.02. The lowest BCUT2D eigenvalue weighted by atomic mass is 10.2. The molecule has 3 rings (SSSR count). The van der Waals surface area contributed by atoms with Gasteiger partial charge in [-0.1, -0.05) is 60.3 Å². The van der Waals surface area contributed by atoms with Gasteiger partial charge in [0, 0.05) is 11.3 Å². The van der Waals surface area contributed by atoms with Crippen molar-refractivity contribution < 1.29 is 12.6 Å². The minimum Gasteiger partial charge on any atom is -0.382 e. The highest BCUT2D eigenvalue weighted by Crippen LogP contribution is 2.19. The van der Waals surface area contributed by atoms with Gasteiger partial charge >= 0.3 is 10.1 Å². The molecule has 1 aromatic heterocycles. The number of aromatic amines is 1. The Morgan fingerprint density at radius 3 is 2.38 bits per heavy atom. The number of nitrogens with zero attached hydrogens (tertiary/aromatic N) is 2. The highest BCUT2D eigenvalue weighted by Gasteiger charge is 2.14. The second kappa shape index (κ2) is 7.50. The number of nitrogens with one attached hydrogen (secondary N) is 1. The van der Waals surface area contributed by atoms with Crippen LogP contribution in [0.1, 0.15) is 0 Å². The molecule has 0 aliphatic rings. The van der Waals surface area contributed by atoms with Crippen LogP contribution in [0.25, 0.3) is 11.4 Å². The second-order valence-corrected chi connectivity index (χ2v) is 7.59. The SMILES string of the molecule is O=S(=O)(CCSc1n[nH]c(-c2ccccc2)n1)Oc1ccccc1. The zero-order valence-corrected chi connectivity index (χ0v) is 14.3. The topological polar surface area (TPSA) is 84.9 Å². The monoisotopic (exact) mass is 361 g/mol. The summed E-state index contributed by atoms with van der Waals surface area (Å²) in [5, 5.41) is 7.44. The molecule has 0 radical (unpaired) electrons. The first-order chi connectivity index (χ1) is 11.6. The fraction of sp³-hybridized carbons (Fsp3) is 0.125. The first-order valence-corrected chi connectivity index (χ1v) is 9.76. The van der Waals surface area contributed by atoms with Crippen LogP contribution in [0.3, 0.4) is 0 Å². The summed E-state index contributed by atoms with van der Waals surface area (Å²) in [5.41, 5.74) is 0.928. The number of hydrogen-bond acceptors (Lipinski definition) is 6. The first kappa shape index (κ1) is 16.5. The van der Waals surface area contributed by atoms with Crippen LogP contribution in [-0.2, 0) is 10.1 Å². The molecule has 24 heavy (non-hydrogen) atoms. The molecule has 3 aromatic rings. The lowest BCUT2D eigenvalue weighted by molar-refractivity contribution is 0.488. The van der Waals surface area contributed by atoms with Crippen molar-refractivity contribution in [2.45, 2.75) is 5.16 Å². The Labute approximate surface area is 144 Å². The van der Waals surface area contributed by atoms with Gasteiger partial charge in [-0.3, -0.25) is 5.10 Å². The number of H-pyrrole nitrogens is 1. The van der Waals surface area contributed by atoms with E-state index in [9.17, 15) is 8.42 Å². The van der Waals surface area contributed by atoms with Crippen molar-refractivity contribution in [3.63, 3.8) is 0 Å². The summed E-state index contributed by atoms with van der Waals surface area (Å²) in [4.78, 5) is 4.34. The number of hydrogen-bond donors (Lipinski definition) is 1. The Hall–Kier alpha value is -2.32. The Morgan fingerprint density at radius 2 is 1.67 bits per heavy atom. The van der Waals surface area contributed by atoms with E-state index in [1.54, 1.807) is 30.3 Å². The molecule has 0 bridgehead atoms. The Bertz CT molecular complexity index is 881. The van der Waals surface area contributed by atoms with Gasteiger partial charge in [0.2, 0.25) is 5.16 Å². The van der Waals surface area contributed by atoms with Crippen LogP contribution in [0.4, 0.5) is 0 Å². The summed E-state index contributed by atoms with van der Waals surface area (Å²) < 4.78 is 28.9. The van der Waals surface area contributed by atoms with Gasteiger partial charge in [-0.15, -0.1) is 5.10 Å². The van der Waals surface area contributed by atoms with Crippen molar-refractivity contribution in [3.8, 4) is 17.1 Å². The maximum atomic E-state index is 11.9. The minimum absolute atomic E-state index is 0.123. The molecule has 2 aromatic carbocycles. The maximum Gasteiger partial charge on any atom is 0.310 e. The van der Waals surface area contributed by atoms with E-state index in [0.29, 0.717) is 22.5 Å². The highest BCUT2D eigenvalue weighted by molar-refractivity contribution is 8.00. The van der Waals surface area contributed by atoms with Crippen LogP contribution in [0.2, 0.25) is 0 Å². The van der Waals surface area contributed by atoms with Gasteiger partial charge < -0.3 is 4.18 Å². The first-order valence-electron chi connectivity index (χ1n) is 7.20. The molecule has 0 aliphatic carbocycles. The van der Waals surface area contributed by atoms with E-state index >= 15 is 0 Å². The largest absolute Gasteiger partial charge is 0.382 e. The molecule has 0 fully saturated rings. The van der Waals surface area contributed by atoms with Gasteiger partial charge in [0.1, 0.15) is 5.75 Å². The van der Waals surface area contributed by atoms with Crippen molar-refractivity contribution >= 4 is 21.9 Å². The Balaban J connectivity index is 1.54. The molecule has 0 spiro atoms. The fourth-order valence-electron chi connectivity index (χ4n) is 1.94. The molecule has 124 valence electrons. The van der Waals surface area contributed by atoms with Gasteiger partial charge in [-0.2, -0.15) is 8.42 Å². The third-order valence-corrected chi connectivity index (χ3v) is 5.30. The Kier molecular flexibility index (Phi) is 5.17. The predicted octanol–water partition coefficient (Wildman–Crippen LogP) is 2.97. The van der Waals surface area contributed by atoms with Crippen LogP contribution in [0.15, 0.2) is 65.8 Å². The van der Waals surface area contributed by atoms with Crippen molar-refractivity contribution in [3.05, 3.63) is 60.7 Å². The molecule has 0 unspecified atom stereocenters. The van der Waals surface area contributed by atoms with Crippen LogP contribution < -0.4 is 4.18 Å². The molecule has 1 heterocycles. The van der Waals surface area contributed by atoms with Gasteiger partial charge in [0.15, 0.2) is 5.82 Å². The predicted molar refractivity (Wildman–Crippen MR) is 93.4 cm³/mol. The molecule has 0 saturated carbocycles. The van der Waals surface area contributed by atoms with Crippen LogP contribution in [-0.4, -0.2) is 35.1 Å². The average molecular weight is 361 g/mol. The summed E-state index contributed by atoms with van der Waals surface area (Å²) >= 11 is 1.26. The molecule has 0 aliphatic heterocycles. The van der Waals surface area contributed by atoms with E-state index in [1.165, 1.54) is 11.8 Å². The minimum atomic E-state index is -3.64. The normalized spacial score (nSPS) is 11.3. The van der Waals surface area contributed by atoms with Crippen molar-refractivity contribution in [2.75, 3.05) is 11.5 Å². The van der Waals surface area contributed by atoms with Crippen LogP contribution >= 0.6 is 11.8 Å². The molecular formula is C16H15N3O3S2. The summed E-state index contributed by atoms with van der Waals surface area (Å²) in [6.07, 6.45) is 0. The molecule has 0 amide bonds. The van der Waals surface area contributed by atoms with E-state index in [4.69, 9.17) is 4.18 Å². The standard InChI is InChI=1S/C16H15N3O3S2/c20-24(21,22-14-9-5-2-6-10-14)12-11-23-16-17-15(18-19-16)13-7-3-1-4-8-13/h1-10H,11-12H2,(H,17,18,19). The molecule has 0 saturated heterocycles. The van der Waals surface area contributed by atoms with E-state index in [2.05, 4.69) is 15.2 Å². The molecule has 6 nitrogen and oxygen atoms in total. The van der Waals surface area contributed by atoms with E-state index in [-0.39, 0.29) is 5.75 Å². The van der Waals surface area contributed by atoms with Gasteiger partial charge in [-0.25, -0.2) is 4.98 Å². The van der Waals surface area contributed by atoms with E-state index < -0.39 is 10.1 Å². The number of rotatable bonds is 7. The second-order valence-electron chi connectivity index (χ2n) is 4.84. The highest BCUT2D eigenvalue weighted by atomic mass is 32.2. The van der Waals surface area contributed by atoms with E-state index in [1.807, 2.05) is 30.3 Å². The summed E-state index contributed by atoms with van der Waals surface area (Å²) in [6, 6.07) is 18.0. The van der Waals surface area contributed by atoms with Crippen molar-refractivity contribution in [1.82, 2.24) is 15.2 Å².